The molecule has 1 saturated heterocycles. The van der Waals surface area contributed by atoms with Crippen LogP contribution in [0.25, 0.3) is 0 Å². The molecule has 1 aromatic heterocycles. The molecule has 2 rings (SSSR count). The molecule has 1 aromatic rings. The molecular weight excluding hydrogens is 206 g/mol. The molecule has 0 aliphatic carbocycles. The Bertz CT molecular complexity index is 369. The molecule has 1 aliphatic rings. The number of carbonyl (C=O) groups excluding carboxylic acids is 1. The third-order valence-electron chi connectivity index (χ3n) is 2.84. The predicted molar refractivity (Wildman–Crippen MR) is 59.2 cm³/mol. The lowest BCUT2D eigenvalue weighted by atomic mass is 10.2. The molecule has 1 fully saturated rings. The molecule has 0 saturated carbocycles. The lowest BCUT2D eigenvalue weighted by molar-refractivity contribution is 0.0742. The summed E-state index contributed by atoms with van der Waals surface area (Å²) < 4.78 is 4.95. The van der Waals surface area contributed by atoms with Gasteiger partial charge in [-0.05, 0) is 26.3 Å². The minimum absolute atomic E-state index is 0.103. The van der Waals surface area contributed by atoms with Gasteiger partial charge in [0.25, 0.3) is 5.91 Å². The number of aryl methyl sites for hydroxylation is 1. The van der Waals surface area contributed by atoms with Crippen LogP contribution in [0.2, 0.25) is 0 Å². The van der Waals surface area contributed by atoms with Crippen LogP contribution in [0.15, 0.2) is 10.6 Å². The summed E-state index contributed by atoms with van der Waals surface area (Å²) in [5.41, 5.74) is 0.732. The second kappa shape index (κ2) is 4.65. The largest absolute Gasteiger partial charge is 0.351 e. The number of hydrogen-bond acceptors (Lipinski definition) is 4. The van der Waals surface area contributed by atoms with E-state index in [0.29, 0.717) is 11.8 Å². The van der Waals surface area contributed by atoms with E-state index in [1.54, 1.807) is 24.9 Å². The van der Waals surface area contributed by atoms with Gasteiger partial charge < -0.3 is 14.7 Å². The summed E-state index contributed by atoms with van der Waals surface area (Å²) in [6.45, 7) is 3.57. The van der Waals surface area contributed by atoms with Crippen LogP contribution in [-0.4, -0.2) is 42.1 Å². The van der Waals surface area contributed by atoms with Crippen molar-refractivity contribution in [2.24, 2.45) is 0 Å². The number of amides is 1. The highest BCUT2D eigenvalue weighted by atomic mass is 16.5. The van der Waals surface area contributed by atoms with E-state index < -0.39 is 0 Å². The number of likely N-dealkylation sites (N-methyl/N-ethyl adjacent to an activating group) is 1. The first-order chi connectivity index (χ1) is 7.66. The van der Waals surface area contributed by atoms with Crippen LogP contribution in [-0.2, 0) is 0 Å². The Morgan fingerprint density at radius 3 is 3.12 bits per heavy atom. The first kappa shape index (κ1) is 11.1. The van der Waals surface area contributed by atoms with Gasteiger partial charge in [-0.25, -0.2) is 0 Å². The summed E-state index contributed by atoms with van der Waals surface area (Å²) in [5, 5.41) is 7.07. The van der Waals surface area contributed by atoms with Crippen molar-refractivity contribution in [3.8, 4) is 0 Å². The summed E-state index contributed by atoms with van der Waals surface area (Å²) in [7, 11) is 1.79. The molecule has 0 aromatic carbocycles. The van der Waals surface area contributed by atoms with Crippen LogP contribution in [0.4, 0.5) is 0 Å². The molecule has 5 heteroatoms. The van der Waals surface area contributed by atoms with Crippen LogP contribution in [0, 0.1) is 6.92 Å². The number of hydrogen-bond donors (Lipinski definition) is 1. The van der Waals surface area contributed by atoms with Gasteiger partial charge in [0.05, 0.1) is 5.69 Å². The molecule has 1 amide bonds. The molecule has 0 bridgehead atoms. The highest BCUT2D eigenvalue weighted by Crippen LogP contribution is 2.09. The standard InChI is InChI=1S/C11H17N3O2/c1-8-6-10(16-13-8)11(15)14(2)7-9-4-3-5-12-9/h6,9,12H,3-5,7H2,1-2H3. The monoisotopic (exact) mass is 223 g/mol. The van der Waals surface area contributed by atoms with E-state index in [1.807, 2.05) is 0 Å². The zero-order chi connectivity index (χ0) is 11.5. The smallest absolute Gasteiger partial charge is 0.292 e. The first-order valence-electron chi connectivity index (χ1n) is 5.59. The number of nitrogens with one attached hydrogen (secondary N) is 1. The minimum atomic E-state index is -0.103. The summed E-state index contributed by atoms with van der Waals surface area (Å²) >= 11 is 0. The molecule has 1 atom stereocenters. The highest BCUT2D eigenvalue weighted by Gasteiger charge is 2.21. The summed E-state index contributed by atoms with van der Waals surface area (Å²) in [6.07, 6.45) is 2.32. The van der Waals surface area contributed by atoms with Crippen LogP contribution >= 0.6 is 0 Å². The Labute approximate surface area is 94.8 Å². The van der Waals surface area contributed by atoms with Gasteiger partial charge in [0.2, 0.25) is 5.76 Å². The van der Waals surface area contributed by atoms with Crippen LogP contribution in [0.5, 0.6) is 0 Å². The van der Waals surface area contributed by atoms with Gasteiger partial charge in [-0.15, -0.1) is 0 Å². The first-order valence-corrected chi connectivity index (χ1v) is 5.59. The van der Waals surface area contributed by atoms with Gasteiger partial charge in [-0.3, -0.25) is 4.79 Å². The summed E-state index contributed by atoms with van der Waals surface area (Å²) in [6, 6.07) is 2.08. The molecule has 0 spiro atoms. The van der Waals surface area contributed by atoms with Crippen LogP contribution in [0.3, 0.4) is 0 Å². The van der Waals surface area contributed by atoms with E-state index in [-0.39, 0.29) is 5.91 Å². The van der Waals surface area contributed by atoms with E-state index in [1.165, 1.54) is 6.42 Å². The Morgan fingerprint density at radius 2 is 2.56 bits per heavy atom. The fourth-order valence-corrected chi connectivity index (χ4v) is 1.98. The maximum atomic E-state index is 11.9. The molecular formula is C11H17N3O2. The van der Waals surface area contributed by atoms with Gasteiger partial charge in [0.1, 0.15) is 0 Å². The molecule has 1 N–H and O–H groups in total. The Balaban J connectivity index is 1.93. The Morgan fingerprint density at radius 1 is 1.75 bits per heavy atom. The van der Waals surface area contributed by atoms with Crippen molar-refractivity contribution in [1.82, 2.24) is 15.4 Å². The normalized spacial score (nSPS) is 20.0. The van der Waals surface area contributed by atoms with Gasteiger partial charge in [0, 0.05) is 25.7 Å². The SMILES string of the molecule is Cc1cc(C(=O)N(C)CC2CCCN2)on1. The second-order valence-corrected chi connectivity index (χ2v) is 4.31. The quantitative estimate of drug-likeness (QED) is 0.823. The zero-order valence-electron chi connectivity index (χ0n) is 9.69. The van der Waals surface area contributed by atoms with Crippen molar-refractivity contribution in [3.05, 3.63) is 17.5 Å². The summed E-state index contributed by atoms with van der Waals surface area (Å²) in [4.78, 5) is 13.6. The van der Waals surface area contributed by atoms with E-state index in [4.69, 9.17) is 4.52 Å². The van der Waals surface area contributed by atoms with E-state index in [2.05, 4.69) is 10.5 Å². The molecule has 5 nitrogen and oxygen atoms in total. The predicted octanol–water partition coefficient (Wildman–Crippen LogP) is 0.807. The average Bonchev–Trinajstić information content (AvgIpc) is 2.88. The van der Waals surface area contributed by atoms with E-state index >= 15 is 0 Å². The minimum Gasteiger partial charge on any atom is -0.351 e. The number of aromatic nitrogens is 1. The number of carbonyl (C=O) groups is 1. The topological polar surface area (TPSA) is 58.4 Å². The molecule has 1 aliphatic heterocycles. The third-order valence-corrected chi connectivity index (χ3v) is 2.84. The lowest BCUT2D eigenvalue weighted by Gasteiger charge is -2.19. The zero-order valence-corrected chi connectivity index (χ0v) is 9.69. The fraction of sp³-hybridized carbons (Fsp3) is 0.636. The van der Waals surface area contributed by atoms with Crippen molar-refractivity contribution in [2.45, 2.75) is 25.8 Å². The highest BCUT2D eigenvalue weighted by molar-refractivity contribution is 5.91. The van der Waals surface area contributed by atoms with Crippen molar-refractivity contribution in [2.75, 3.05) is 20.1 Å². The molecule has 16 heavy (non-hydrogen) atoms. The van der Waals surface area contributed by atoms with Gasteiger partial charge in [-0.1, -0.05) is 5.16 Å². The van der Waals surface area contributed by atoms with Crippen LogP contribution < -0.4 is 5.32 Å². The maximum absolute atomic E-state index is 11.9. The van der Waals surface area contributed by atoms with E-state index in [0.717, 1.165) is 25.2 Å². The fourth-order valence-electron chi connectivity index (χ4n) is 1.98. The maximum Gasteiger partial charge on any atom is 0.292 e. The van der Waals surface area contributed by atoms with Gasteiger partial charge in [0.15, 0.2) is 0 Å². The summed E-state index contributed by atoms with van der Waals surface area (Å²) in [5.74, 6) is 0.215. The molecule has 1 unspecified atom stereocenters. The van der Waals surface area contributed by atoms with Gasteiger partial charge >= 0.3 is 0 Å². The second-order valence-electron chi connectivity index (χ2n) is 4.31. The van der Waals surface area contributed by atoms with Crippen molar-refractivity contribution in [3.63, 3.8) is 0 Å². The molecule has 0 radical (unpaired) electrons. The average molecular weight is 223 g/mol. The van der Waals surface area contributed by atoms with Crippen LogP contribution in [0.1, 0.15) is 29.1 Å². The van der Waals surface area contributed by atoms with Gasteiger partial charge in [-0.2, -0.15) is 0 Å². The van der Waals surface area contributed by atoms with E-state index in [9.17, 15) is 4.79 Å². The third kappa shape index (κ3) is 2.41. The van der Waals surface area contributed by atoms with Crippen molar-refractivity contribution in [1.29, 1.82) is 0 Å². The number of rotatable bonds is 3. The van der Waals surface area contributed by atoms with Crippen molar-refractivity contribution >= 4 is 5.91 Å². The Kier molecular flexibility index (Phi) is 3.24. The molecule has 88 valence electrons. The lowest BCUT2D eigenvalue weighted by Crippen LogP contribution is -2.38. The molecule has 2 heterocycles. The number of nitrogens with zero attached hydrogens (tertiary/aromatic N) is 2. The van der Waals surface area contributed by atoms with Crippen molar-refractivity contribution < 1.29 is 9.32 Å². The Hall–Kier alpha value is -1.36.